The van der Waals surface area contributed by atoms with Crippen LogP contribution in [0.15, 0.2) is 51.7 Å². The van der Waals surface area contributed by atoms with Crippen molar-refractivity contribution in [2.45, 2.75) is 12.5 Å². The number of aromatic nitrogens is 1. The van der Waals surface area contributed by atoms with Crippen molar-refractivity contribution in [3.8, 4) is 0 Å². The molecule has 1 unspecified atom stereocenters. The Hall–Kier alpha value is -0.710. The lowest BCUT2D eigenvalue weighted by atomic mass is 10.0. The average molecular weight is 357 g/mol. The third-order valence-corrected chi connectivity index (χ3v) is 3.65. The van der Waals surface area contributed by atoms with Crippen LogP contribution in [-0.2, 0) is 6.42 Å². The van der Waals surface area contributed by atoms with Crippen molar-refractivity contribution < 1.29 is 5.11 Å². The SMILES string of the molecule is OC(Cc1cccnc1)c1ccc(Br)cc1Br. The Balaban J connectivity index is 2.17. The molecule has 0 aliphatic carbocycles. The normalized spacial score (nSPS) is 12.4. The third kappa shape index (κ3) is 3.37. The Morgan fingerprint density at radius 1 is 1.24 bits per heavy atom. The van der Waals surface area contributed by atoms with Crippen molar-refractivity contribution in [3.63, 3.8) is 0 Å². The summed E-state index contributed by atoms with van der Waals surface area (Å²) in [6, 6.07) is 9.60. The quantitative estimate of drug-likeness (QED) is 0.905. The fraction of sp³-hybridized carbons (Fsp3) is 0.154. The van der Waals surface area contributed by atoms with Gasteiger partial charge in [-0.25, -0.2) is 0 Å². The highest BCUT2D eigenvalue weighted by atomic mass is 79.9. The molecule has 1 aromatic heterocycles. The summed E-state index contributed by atoms with van der Waals surface area (Å²) < 4.78 is 1.89. The highest BCUT2D eigenvalue weighted by Crippen LogP contribution is 2.28. The summed E-state index contributed by atoms with van der Waals surface area (Å²) in [7, 11) is 0. The van der Waals surface area contributed by atoms with Crippen molar-refractivity contribution in [3.05, 3.63) is 62.8 Å². The Kier molecular flexibility index (Phi) is 4.31. The van der Waals surface area contributed by atoms with Crippen LogP contribution in [-0.4, -0.2) is 10.1 Å². The van der Waals surface area contributed by atoms with E-state index in [0.29, 0.717) is 6.42 Å². The number of pyridine rings is 1. The van der Waals surface area contributed by atoms with Crippen LogP contribution in [0.2, 0.25) is 0 Å². The number of halogens is 2. The molecule has 88 valence electrons. The number of aliphatic hydroxyl groups is 1. The molecule has 2 rings (SSSR count). The van der Waals surface area contributed by atoms with Gasteiger partial charge in [0.15, 0.2) is 0 Å². The maximum absolute atomic E-state index is 10.2. The van der Waals surface area contributed by atoms with Crippen LogP contribution >= 0.6 is 31.9 Å². The lowest BCUT2D eigenvalue weighted by molar-refractivity contribution is 0.177. The molecule has 1 atom stereocenters. The molecule has 1 N–H and O–H groups in total. The van der Waals surface area contributed by atoms with Crippen molar-refractivity contribution in [1.29, 1.82) is 0 Å². The Morgan fingerprint density at radius 3 is 2.71 bits per heavy atom. The zero-order chi connectivity index (χ0) is 12.3. The third-order valence-electron chi connectivity index (χ3n) is 2.47. The highest BCUT2D eigenvalue weighted by molar-refractivity contribution is 9.11. The second kappa shape index (κ2) is 5.76. The molecule has 2 nitrogen and oxygen atoms in total. The first-order valence-electron chi connectivity index (χ1n) is 5.19. The fourth-order valence-corrected chi connectivity index (χ4v) is 2.94. The minimum absolute atomic E-state index is 0.526. The minimum Gasteiger partial charge on any atom is -0.388 e. The van der Waals surface area contributed by atoms with E-state index in [2.05, 4.69) is 36.8 Å². The molecular formula is C13H11Br2NO. The molecule has 1 aromatic carbocycles. The molecule has 0 spiro atoms. The molecule has 4 heteroatoms. The summed E-state index contributed by atoms with van der Waals surface area (Å²) in [5, 5.41) is 10.2. The summed E-state index contributed by atoms with van der Waals surface area (Å²) in [5.74, 6) is 0. The molecule has 0 fully saturated rings. The van der Waals surface area contributed by atoms with Crippen LogP contribution in [0, 0.1) is 0 Å². The van der Waals surface area contributed by atoms with Crippen LogP contribution in [0.4, 0.5) is 0 Å². The van der Waals surface area contributed by atoms with E-state index in [4.69, 9.17) is 0 Å². The van der Waals surface area contributed by atoms with Gasteiger partial charge in [-0.05, 0) is 29.3 Å². The van der Waals surface area contributed by atoms with Gasteiger partial charge in [-0.1, -0.05) is 44.0 Å². The van der Waals surface area contributed by atoms with Crippen LogP contribution in [0.5, 0.6) is 0 Å². The maximum Gasteiger partial charge on any atom is 0.0841 e. The molecular weight excluding hydrogens is 346 g/mol. The Labute approximate surface area is 117 Å². The lowest BCUT2D eigenvalue weighted by Gasteiger charge is -2.13. The summed E-state index contributed by atoms with van der Waals surface area (Å²) >= 11 is 6.85. The second-order valence-corrected chi connectivity index (χ2v) is 5.52. The van der Waals surface area contributed by atoms with E-state index in [0.717, 1.165) is 20.1 Å². The predicted octanol–water partition coefficient (Wildman–Crippen LogP) is 3.88. The van der Waals surface area contributed by atoms with E-state index < -0.39 is 6.10 Å². The van der Waals surface area contributed by atoms with Gasteiger partial charge in [0, 0.05) is 27.8 Å². The first-order chi connectivity index (χ1) is 8.16. The zero-order valence-corrected chi connectivity index (χ0v) is 12.1. The maximum atomic E-state index is 10.2. The fourth-order valence-electron chi connectivity index (χ4n) is 1.62. The number of aliphatic hydroxyl groups excluding tert-OH is 1. The van der Waals surface area contributed by atoms with E-state index in [1.165, 1.54) is 0 Å². The van der Waals surface area contributed by atoms with Gasteiger partial charge >= 0.3 is 0 Å². The Morgan fingerprint density at radius 2 is 2.06 bits per heavy atom. The van der Waals surface area contributed by atoms with Crippen LogP contribution in [0.25, 0.3) is 0 Å². The second-order valence-electron chi connectivity index (χ2n) is 3.75. The van der Waals surface area contributed by atoms with Gasteiger partial charge in [-0.3, -0.25) is 4.98 Å². The minimum atomic E-state index is -0.526. The molecule has 0 radical (unpaired) electrons. The first kappa shape index (κ1) is 12.7. The van der Waals surface area contributed by atoms with E-state index in [9.17, 15) is 5.11 Å². The number of nitrogens with zero attached hydrogens (tertiary/aromatic N) is 1. The van der Waals surface area contributed by atoms with Gasteiger partial charge in [0.2, 0.25) is 0 Å². The summed E-state index contributed by atoms with van der Waals surface area (Å²) in [6.07, 6.45) is 3.54. The number of hydrogen-bond acceptors (Lipinski definition) is 2. The number of rotatable bonds is 3. The monoisotopic (exact) mass is 355 g/mol. The molecule has 0 aliphatic heterocycles. The summed E-state index contributed by atoms with van der Waals surface area (Å²) in [5.41, 5.74) is 1.91. The van der Waals surface area contributed by atoms with E-state index in [1.54, 1.807) is 12.4 Å². The highest BCUT2D eigenvalue weighted by Gasteiger charge is 2.12. The molecule has 1 heterocycles. The van der Waals surface area contributed by atoms with Gasteiger partial charge in [-0.15, -0.1) is 0 Å². The van der Waals surface area contributed by atoms with Crippen LogP contribution in [0.3, 0.4) is 0 Å². The molecule has 0 saturated heterocycles. The summed E-state index contributed by atoms with van der Waals surface area (Å²) in [4.78, 5) is 4.04. The molecule has 0 amide bonds. The van der Waals surface area contributed by atoms with Crippen LogP contribution in [0.1, 0.15) is 17.2 Å². The first-order valence-corrected chi connectivity index (χ1v) is 6.77. The number of benzene rings is 1. The van der Waals surface area contributed by atoms with Gasteiger partial charge in [0.25, 0.3) is 0 Å². The van der Waals surface area contributed by atoms with Gasteiger partial charge in [0.1, 0.15) is 0 Å². The van der Waals surface area contributed by atoms with Gasteiger partial charge in [-0.2, -0.15) is 0 Å². The molecule has 2 aromatic rings. The molecule has 17 heavy (non-hydrogen) atoms. The lowest BCUT2D eigenvalue weighted by Crippen LogP contribution is -2.02. The van der Waals surface area contributed by atoms with Gasteiger partial charge < -0.3 is 5.11 Å². The van der Waals surface area contributed by atoms with Crippen molar-refractivity contribution in [1.82, 2.24) is 4.98 Å². The van der Waals surface area contributed by atoms with E-state index in [1.807, 2.05) is 30.3 Å². The molecule has 0 aliphatic rings. The predicted molar refractivity (Wildman–Crippen MR) is 74.7 cm³/mol. The molecule has 0 saturated carbocycles. The molecule has 0 bridgehead atoms. The largest absolute Gasteiger partial charge is 0.388 e. The number of hydrogen-bond donors (Lipinski definition) is 1. The average Bonchev–Trinajstić information content (AvgIpc) is 2.30. The van der Waals surface area contributed by atoms with E-state index in [-0.39, 0.29) is 0 Å². The summed E-state index contributed by atoms with van der Waals surface area (Å²) in [6.45, 7) is 0. The standard InChI is InChI=1S/C13H11Br2NO/c14-10-3-4-11(12(15)7-10)13(17)6-9-2-1-5-16-8-9/h1-5,7-8,13,17H,6H2. The topological polar surface area (TPSA) is 33.1 Å². The zero-order valence-electron chi connectivity index (χ0n) is 8.98. The van der Waals surface area contributed by atoms with Crippen molar-refractivity contribution >= 4 is 31.9 Å². The van der Waals surface area contributed by atoms with Crippen molar-refractivity contribution in [2.75, 3.05) is 0 Å². The Bertz CT molecular complexity index is 502. The van der Waals surface area contributed by atoms with Crippen LogP contribution < -0.4 is 0 Å². The smallest absolute Gasteiger partial charge is 0.0841 e. The van der Waals surface area contributed by atoms with E-state index >= 15 is 0 Å². The van der Waals surface area contributed by atoms with Gasteiger partial charge in [0.05, 0.1) is 6.10 Å². The van der Waals surface area contributed by atoms with Crippen molar-refractivity contribution in [2.24, 2.45) is 0 Å².